The summed E-state index contributed by atoms with van der Waals surface area (Å²) in [7, 11) is 1.87. The van der Waals surface area contributed by atoms with E-state index in [2.05, 4.69) is 11.9 Å². The van der Waals surface area contributed by atoms with Crippen molar-refractivity contribution in [1.29, 1.82) is 0 Å². The third kappa shape index (κ3) is 2.49. The highest BCUT2D eigenvalue weighted by Crippen LogP contribution is 2.38. The van der Waals surface area contributed by atoms with Gasteiger partial charge in [0.2, 0.25) is 0 Å². The minimum absolute atomic E-state index is 0.167. The zero-order valence-corrected chi connectivity index (χ0v) is 10.1. The number of carbonyl (C=O) groups is 1. The Labute approximate surface area is 100 Å². The van der Waals surface area contributed by atoms with Crippen LogP contribution in [0.1, 0.15) is 23.7 Å². The molecule has 1 heterocycles. The SMILES string of the molecule is CC1CC1CN(C)c1ncc(N)cc1C(=O)O. The van der Waals surface area contributed by atoms with Gasteiger partial charge in [-0.3, -0.25) is 0 Å². The molecule has 0 aromatic carbocycles. The summed E-state index contributed by atoms with van der Waals surface area (Å²) in [6, 6.07) is 1.46. The lowest BCUT2D eigenvalue weighted by molar-refractivity contribution is 0.0697. The van der Waals surface area contributed by atoms with E-state index in [1.165, 1.54) is 18.7 Å². The second kappa shape index (κ2) is 4.24. The molecule has 1 saturated carbocycles. The molecule has 1 aliphatic carbocycles. The molecular formula is C12H17N3O2. The topological polar surface area (TPSA) is 79.5 Å². The van der Waals surface area contributed by atoms with Crippen molar-refractivity contribution in [3.05, 3.63) is 17.8 Å². The summed E-state index contributed by atoms with van der Waals surface area (Å²) in [5, 5.41) is 9.12. The van der Waals surface area contributed by atoms with Gasteiger partial charge in [-0.25, -0.2) is 9.78 Å². The van der Waals surface area contributed by atoms with E-state index in [0.29, 0.717) is 17.4 Å². The van der Waals surface area contributed by atoms with Crippen LogP contribution in [0.2, 0.25) is 0 Å². The molecule has 17 heavy (non-hydrogen) atoms. The lowest BCUT2D eigenvalue weighted by Gasteiger charge is -2.20. The van der Waals surface area contributed by atoms with Crippen molar-refractivity contribution in [2.24, 2.45) is 11.8 Å². The highest BCUT2D eigenvalue weighted by atomic mass is 16.4. The molecule has 1 aromatic heterocycles. The van der Waals surface area contributed by atoms with E-state index in [1.807, 2.05) is 11.9 Å². The average Bonchev–Trinajstić information content (AvgIpc) is 2.93. The van der Waals surface area contributed by atoms with Gasteiger partial charge in [0.25, 0.3) is 0 Å². The van der Waals surface area contributed by atoms with Gasteiger partial charge in [0, 0.05) is 13.6 Å². The lowest BCUT2D eigenvalue weighted by atomic mass is 10.2. The predicted octanol–water partition coefficient (Wildman–Crippen LogP) is 1.45. The third-order valence-corrected chi connectivity index (χ3v) is 3.26. The molecule has 1 fully saturated rings. The molecule has 3 N–H and O–H groups in total. The first kappa shape index (κ1) is 11.7. The van der Waals surface area contributed by atoms with Crippen LogP contribution in [0.15, 0.2) is 12.3 Å². The number of aromatic nitrogens is 1. The number of carboxylic acid groups (broad SMARTS) is 1. The zero-order chi connectivity index (χ0) is 12.6. The molecule has 0 saturated heterocycles. The lowest BCUT2D eigenvalue weighted by Crippen LogP contribution is -2.24. The first-order chi connectivity index (χ1) is 7.99. The maximum atomic E-state index is 11.1. The number of rotatable bonds is 4. The van der Waals surface area contributed by atoms with Crippen molar-refractivity contribution in [2.45, 2.75) is 13.3 Å². The van der Waals surface area contributed by atoms with Crippen molar-refractivity contribution < 1.29 is 9.90 Å². The van der Waals surface area contributed by atoms with E-state index in [9.17, 15) is 4.79 Å². The number of anilines is 2. The average molecular weight is 235 g/mol. The number of pyridine rings is 1. The summed E-state index contributed by atoms with van der Waals surface area (Å²) >= 11 is 0. The fraction of sp³-hybridized carbons (Fsp3) is 0.500. The zero-order valence-electron chi connectivity index (χ0n) is 10.1. The molecule has 0 bridgehead atoms. The van der Waals surface area contributed by atoms with Gasteiger partial charge in [0.15, 0.2) is 0 Å². The smallest absolute Gasteiger partial charge is 0.339 e. The summed E-state index contributed by atoms with van der Waals surface area (Å²) in [5.74, 6) is 0.891. The van der Waals surface area contributed by atoms with Gasteiger partial charge < -0.3 is 15.7 Å². The Morgan fingerprint density at radius 1 is 1.71 bits per heavy atom. The summed E-state index contributed by atoms with van der Waals surface area (Å²) in [4.78, 5) is 17.1. The Morgan fingerprint density at radius 3 is 2.88 bits per heavy atom. The number of nitrogens with zero attached hydrogens (tertiary/aromatic N) is 2. The monoisotopic (exact) mass is 235 g/mol. The highest BCUT2D eigenvalue weighted by molar-refractivity contribution is 5.94. The largest absolute Gasteiger partial charge is 0.478 e. The van der Waals surface area contributed by atoms with Crippen molar-refractivity contribution in [3.63, 3.8) is 0 Å². The molecule has 92 valence electrons. The number of nitrogen functional groups attached to an aromatic ring is 1. The minimum Gasteiger partial charge on any atom is -0.478 e. The van der Waals surface area contributed by atoms with Gasteiger partial charge in [0.1, 0.15) is 11.4 Å². The van der Waals surface area contributed by atoms with Gasteiger partial charge in [-0.05, 0) is 24.3 Å². The van der Waals surface area contributed by atoms with Gasteiger partial charge in [-0.1, -0.05) is 6.92 Å². The van der Waals surface area contributed by atoms with Crippen LogP contribution in [0.5, 0.6) is 0 Å². The summed E-state index contributed by atoms with van der Waals surface area (Å²) in [6.45, 7) is 3.05. The van der Waals surface area contributed by atoms with Crippen LogP contribution in [0.4, 0.5) is 11.5 Å². The van der Waals surface area contributed by atoms with E-state index < -0.39 is 5.97 Å². The summed E-state index contributed by atoms with van der Waals surface area (Å²) in [6.07, 6.45) is 2.70. The summed E-state index contributed by atoms with van der Waals surface area (Å²) in [5.41, 5.74) is 6.10. The molecular weight excluding hydrogens is 218 g/mol. The van der Waals surface area contributed by atoms with Crippen LogP contribution in [0.25, 0.3) is 0 Å². The van der Waals surface area contributed by atoms with Crippen LogP contribution < -0.4 is 10.6 Å². The highest BCUT2D eigenvalue weighted by Gasteiger charge is 2.34. The van der Waals surface area contributed by atoms with E-state index in [4.69, 9.17) is 10.8 Å². The quantitative estimate of drug-likeness (QED) is 0.825. The maximum absolute atomic E-state index is 11.1. The molecule has 0 aliphatic heterocycles. The second-order valence-electron chi connectivity index (χ2n) is 4.80. The third-order valence-electron chi connectivity index (χ3n) is 3.26. The molecule has 2 unspecified atom stereocenters. The molecule has 1 aliphatic rings. The molecule has 5 heteroatoms. The van der Waals surface area contributed by atoms with E-state index in [-0.39, 0.29) is 5.56 Å². The fourth-order valence-corrected chi connectivity index (χ4v) is 2.03. The first-order valence-electron chi connectivity index (χ1n) is 5.69. The van der Waals surface area contributed by atoms with Crippen LogP contribution in [-0.2, 0) is 0 Å². The molecule has 1 aromatic rings. The Hall–Kier alpha value is -1.78. The van der Waals surface area contributed by atoms with Crippen molar-refractivity contribution in [2.75, 3.05) is 24.2 Å². The van der Waals surface area contributed by atoms with Crippen molar-refractivity contribution in [3.8, 4) is 0 Å². The van der Waals surface area contributed by atoms with E-state index >= 15 is 0 Å². The number of aromatic carboxylic acids is 1. The summed E-state index contributed by atoms with van der Waals surface area (Å²) < 4.78 is 0. The van der Waals surface area contributed by atoms with Crippen LogP contribution in [0.3, 0.4) is 0 Å². The standard InChI is InChI=1S/C12H17N3O2/c1-7-3-8(7)6-15(2)11-10(12(16)17)4-9(13)5-14-11/h4-5,7-8H,3,6,13H2,1-2H3,(H,16,17). The Balaban J connectivity index is 2.21. The molecule has 0 spiro atoms. The van der Waals surface area contributed by atoms with Crippen LogP contribution in [0, 0.1) is 11.8 Å². The number of hydrogen-bond donors (Lipinski definition) is 2. The Bertz CT molecular complexity index is 447. The number of carboxylic acids is 1. The molecule has 2 rings (SSSR count). The van der Waals surface area contributed by atoms with Gasteiger partial charge in [0.05, 0.1) is 11.9 Å². The molecule has 2 atom stereocenters. The molecule has 5 nitrogen and oxygen atoms in total. The van der Waals surface area contributed by atoms with Crippen molar-refractivity contribution in [1.82, 2.24) is 4.98 Å². The van der Waals surface area contributed by atoms with Gasteiger partial charge >= 0.3 is 5.97 Å². The van der Waals surface area contributed by atoms with E-state index in [1.54, 1.807) is 0 Å². The minimum atomic E-state index is -0.990. The van der Waals surface area contributed by atoms with E-state index in [0.717, 1.165) is 12.5 Å². The molecule has 0 radical (unpaired) electrons. The van der Waals surface area contributed by atoms with Gasteiger partial charge in [-0.15, -0.1) is 0 Å². The predicted molar refractivity (Wildman–Crippen MR) is 66.1 cm³/mol. The molecule has 0 amide bonds. The first-order valence-corrected chi connectivity index (χ1v) is 5.69. The Morgan fingerprint density at radius 2 is 2.35 bits per heavy atom. The number of nitrogens with two attached hydrogens (primary N) is 1. The van der Waals surface area contributed by atoms with Gasteiger partial charge in [-0.2, -0.15) is 0 Å². The fourth-order valence-electron chi connectivity index (χ4n) is 2.03. The van der Waals surface area contributed by atoms with Crippen LogP contribution >= 0.6 is 0 Å². The van der Waals surface area contributed by atoms with Crippen LogP contribution in [-0.4, -0.2) is 29.7 Å². The Kier molecular flexibility index (Phi) is 2.92. The normalized spacial score (nSPS) is 22.2. The number of hydrogen-bond acceptors (Lipinski definition) is 4. The van der Waals surface area contributed by atoms with Crippen molar-refractivity contribution >= 4 is 17.5 Å². The maximum Gasteiger partial charge on any atom is 0.339 e. The second-order valence-corrected chi connectivity index (χ2v) is 4.80.